The Kier molecular flexibility index (Phi) is 2.28. The topological polar surface area (TPSA) is 27.7 Å². The minimum Gasteiger partial charge on any atom is -0.363 e. The molecule has 0 aromatic carbocycles. The van der Waals surface area contributed by atoms with Crippen LogP contribution in [0.25, 0.3) is 0 Å². The van der Waals surface area contributed by atoms with Crippen molar-refractivity contribution in [3.63, 3.8) is 0 Å². The van der Waals surface area contributed by atoms with Crippen LogP contribution in [0.3, 0.4) is 0 Å². The van der Waals surface area contributed by atoms with Crippen molar-refractivity contribution in [2.75, 3.05) is 0 Å². The first-order chi connectivity index (χ1) is 7.78. The molecule has 0 amide bonds. The summed E-state index contributed by atoms with van der Waals surface area (Å²) in [6.07, 6.45) is 3.61. The van der Waals surface area contributed by atoms with Crippen LogP contribution < -0.4 is 0 Å². The standard InChI is InChI=1S/C14H24O3/c1-6-9-7-13(4)10-11(14(5,8-9)17-13)16-12(2,3)15-10/h9-11H,6-8H2,1-5H3/t9-,10-,11+,13+,14-. The third-order valence-electron chi connectivity index (χ3n) is 4.73. The molecule has 0 aromatic rings. The van der Waals surface area contributed by atoms with Crippen molar-refractivity contribution in [2.24, 2.45) is 5.92 Å². The van der Waals surface area contributed by atoms with Crippen molar-refractivity contribution in [3.05, 3.63) is 0 Å². The average Bonchev–Trinajstić information content (AvgIpc) is 2.60. The lowest BCUT2D eigenvalue weighted by atomic mass is 9.83. The Balaban J connectivity index is 1.95. The number of ether oxygens (including phenoxy) is 3. The zero-order chi connectivity index (χ0) is 12.5. The maximum atomic E-state index is 6.31. The first kappa shape index (κ1) is 11.9. The van der Waals surface area contributed by atoms with E-state index in [0.29, 0.717) is 0 Å². The Hall–Kier alpha value is -0.120. The van der Waals surface area contributed by atoms with Crippen LogP contribution in [0.5, 0.6) is 0 Å². The van der Waals surface area contributed by atoms with Gasteiger partial charge in [0.15, 0.2) is 5.79 Å². The second-order valence-electron chi connectivity index (χ2n) is 6.89. The van der Waals surface area contributed by atoms with Gasteiger partial charge in [0, 0.05) is 0 Å². The molecule has 5 atom stereocenters. The first-order valence-corrected chi connectivity index (χ1v) is 6.84. The van der Waals surface area contributed by atoms with Gasteiger partial charge in [-0.1, -0.05) is 13.3 Å². The largest absolute Gasteiger partial charge is 0.363 e. The molecule has 0 unspecified atom stereocenters. The lowest BCUT2D eigenvalue weighted by molar-refractivity contribution is -0.247. The molecule has 98 valence electrons. The highest BCUT2D eigenvalue weighted by Crippen LogP contribution is 2.57. The van der Waals surface area contributed by atoms with E-state index < -0.39 is 5.79 Å². The molecule has 3 heteroatoms. The van der Waals surface area contributed by atoms with Crippen LogP contribution in [-0.2, 0) is 14.2 Å². The SMILES string of the molecule is CC[C@H]1C[C@@]2(C)O[C@@](C)(C1)[C@@H]1OC(C)(C)O[C@@H]12. The molecule has 0 aromatic heterocycles. The van der Waals surface area contributed by atoms with Gasteiger partial charge < -0.3 is 14.2 Å². The van der Waals surface area contributed by atoms with Gasteiger partial charge in [-0.25, -0.2) is 0 Å². The molecule has 3 rings (SSSR count). The molecule has 17 heavy (non-hydrogen) atoms. The molecule has 3 aliphatic rings. The lowest BCUT2D eigenvalue weighted by Crippen LogP contribution is -2.47. The fourth-order valence-corrected chi connectivity index (χ4v) is 4.12. The van der Waals surface area contributed by atoms with E-state index in [2.05, 4.69) is 20.8 Å². The zero-order valence-corrected chi connectivity index (χ0v) is 11.6. The van der Waals surface area contributed by atoms with Crippen LogP contribution >= 0.6 is 0 Å². The summed E-state index contributed by atoms with van der Waals surface area (Å²) in [5.74, 6) is 0.278. The summed E-state index contributed by atoms with van der Waals surface area (Å²) in [5.41, 5.74) is -0.321. The van der Waals surface area contributed by atoms with Crippen molar-refractivity contribution in [3.8, 4) is 0 Å². The van der Waals surface area contributed by atoms with Crippen molar-refractivity contribution >= 4 is 0 Å². The second kappa shape index (κ2) is 3.25. The molecule has 2 bridgehead atoms. The van der Waals surface area contributed by atoms with Gasteiger partial charge in [0.25, 0.3) is 0 Å². The highest BCUT2D eigenvalue weighted by Gasteiger charge is 2.68. The van der Waals surface area contributed by atoms with Gasteiger partial charge in [-0.15, -0.1) is 0 Å². The molecular formula is C14H24O3. The first-order valence-electron chi connectivity index (χ1n) is 6.84. The highest BCUT2D eigenvalue weighted by atomic mass is 16.8. The average molecular weight is 240 g/mol. The van der Waals surface area contributed by atoms with Gasteiger partial charge in [0.05, 0.1) is 11.2 Å². The van der Waals surface area contributed by atoms with Crippen LogP contribution in [0.1, 0.15) is 53.9 Å². The van der Waals surface area contributed by atoms with E-state index >= 15 is 0 Å². The Morgan fingerprint density at radius 3 is 1.82 bits per heavy atom. The van der Waals surface area contributed by atoms with Crippen molar-refractivity contribution in [1.29, 1.82) is 0 Å². The number of fused-ring (bicyclic) bond motifs is 5. The fraction of sp³-hybridized carbons (Fsp3) is 1.00. The monoisotopic (exact) mass is 240 g/mol. The van der Waals surface area contributed by atoms with Gasteiger partial charge >= 0.3 is 0 Å². The molecule has 0 spiro atoms. The Morgan fingerprint density at radius 2 is 1.41 bits per heavy atom. The summed E-state index contributed by atoms with van der Waals surface area (Å²) in [6.45, 7) is 10.7. The van der Waals surface area contributed by atoms with Crippen LogP contribution in [-0.4, -0.2) is 29.2 Å². The zero-order valence-electron chi connectivity index (χ0n) is 11.6. The van der Waals surface area contributed by atoms with E-state index in [-0.39, 0.29) is 23.4 Å². The predicted octanol–water partition coefficient (Wildman–Crippen LogP) is 2.87. The Morgan fingerprint density at radius 1 is 0.941 bits per heavy atom. The number of hydrogen-bond donors (Lipinski definition) is 0. The van der Waals surface area contributed by atoms with Crippen molar-refractivity contribution in [2.45, 2.75) is 83.1 Å². The summed E-state index contributed by atoms with van der Waals surface area (Å²) in [6, 6.07) is 0. The van der Waals surface area contributed by atoms with Crippen molar-refractivity contribution < 1.29 is 14.2 Å². The van der Waals surface area contributed by atoms with E-state index in [1.165, 1.54) is 6.42 Å². The molecule has 3 aliphatic heterocycles. The van der Waals surface area contributed by atoms with Crippen LogP contribution in [0.15, 0.2) is 0 Å². The summed E-state index contributed by atoms with van der Waals surface area (Å²) in [7, 11) is 0. The molecule has 3 nitrogen and oxygen atoms in total. The maximum Gasteiger partial charge on any atom is 0.164 e. The molecule has 0 aliphatic carbocycles. The summed E-state index contributed by atoms with van der Waals surface area (Å²) >= 11 is 0. The van der Waals surface area contributed by atoms with E-state index in [9.17, 15) is 0 Å². The highest BCUT2D eigenvalue weighted by molar-refractivity contribution is 5.14. The van der Waals surface area contributed by atoms with E-state index in [1.54, 1.807) is 0 Å². The van der Waals surface area contributed by atoms with Crippen LogP contribution in [0, 0.1) is 5.92 Å². The molecule has 3 fully saturated rings. The second-order valence-corrected chi connectivity index (χ2v) is 6.89. The van der Waals surface area contributed by atoms with E-state index in [4.69, 9.17) is 14.2 Å². The van der Waals surface area contributed by atoms with Crippen molar-refractivity contribution in [1.82, 2.24) is 0 Å². The lowest BCUT2D eigenvalue weighted by Gasteiger charge is -2.43. The van der Waals surface area contributed by atoms with E-state index in [1.807, 2.05) is 13.8 Å². The Labute approximate surface area is 104 Å². The van der Waals surface area contributed by atoms with Gasteiger partial charge in [0.1, 0.15) is 12.2 Å². The number of rotatable bonds is 1. The van der Waals surface area contributed by atoms with Crippen LogP contribution in [0.2, 0.25) is 0 Å². The van der Waals surface area contributed by atoms with Gasteiger partial charge in [-0.05, 0) is 46.5 Å². The summed E-state index contributed by atoms with van der Waals surface area (Å²) in [4.78, 5) is 0. The molecular weight excluding hydrogens is 216 g/mol. The van der Waals surface area contributed by atoms with Gasteiger partial charge in [-0.2, -0.15) is 0 Å². The molecule has 3 heterocycles. The number of hydrogen-bond acceptors (Lipinski definition) is 3. The normalized spacial score (nSPS) is 55.9. The van der Waals surface area contributed by atoms with Gasteiger partial charge in [-0.3, -0.25) is 0 Å². The quantitative estimate of drug-likeness (QED) is 0.705. The van der Waals surface area contributed by atoms with Crippen LogP contribution in [0.4, 0.5) is 0 Å². The minimum absolute atomic E-state index is 0.0963. The van der Waals surface area contributed by atoms with E-state index in [0.717, 1.165) is 18.8 Å². The summed E-state index contributed by atoms with van der Waals surface area (Å²) in [5, 5.41) is 0. The molecule has 3 saturated heterocycles. The summed E-state index contributed by atoms with van der Waals surface area (Å²) < 4.78 is 18.5. The molecule has 0 N–H and O–H groups in total. The molecule has 0 radical (unpaired) electrons. The smallest absolute Gasteiger partial charge is 0.164 e. The fourth-order valence-electron chi connectivity index (χ4n) is 4.12. The predicted molar refractivity (Wildman–Crippen MR) is 64.7 cm³/mol. The third kappa shape index (κ3) is 1.59. The Bertz CT molecular complexity index is 312. The maximum absolute atomic E-state index is 6.31. The third-order valence-corrected chi connectivity index (χ3v) is 4.73. The molecule has 0 saturated carbocycles. The van der Waals surface area contributed by atoms with Gasteiger partial charge in [0.2, 0.25) is 0 Å². The minimum atomic E-state index is -0.458.